The number of hydrogen-bond donors (Lipinski definition) is 0. The predicted octanol–water partition coefficient (Wildman–Crippen LogP) is 12.9. The second kappa shape index (κ2) is 14.5. The third-order valence-electron chi connectivity index (χ3n) is 8.33. The minimum atomic E-state index is 0.984. The summed E-state index contributed by atoms with van der Waals surface area (Å²) in [6.07, 6.45) is 3.69. The van der Waals surface area contributed by atoms with Gasteiger partial charge in [-0.2, -0.15) is 0 Å². The van der Waals surface area contributed by atoms with Gasteiger partial charge in [-0.15, -0.1) is 0 Å². The van der Waals surface area contributed by atoms with Gasteiger partial charge >= 0.3 is 0 Å². The number of aryl methyl sites for hydroxylation is 2. The number of halogens is 1. The normalized spacial score (nSPS) is 10.7. The van der Waals surface area contributed by atoms with E-state index in [0.29, 0.717) is 0 Å². The first kappa shape index (κ1) is 31.8. The van der Waals surface area contributed by atoms with E-state index in [4.69, 9.17) is 0 Å². The van der Waals surface area contributed by atoms with Gasteiger partial charge in [-0.1, -0.05) is 115 Å². The average Bonchev–Trinajstić information content (AvgIpc) is 3.13. The summed E-state index contributed by atoms with van der Waals surface area (Å²) in [5, 5.41) is 0. The second-order valence-corrected chi connectivity index (χ2v) is 12.2. The van der Waals surface area contributed by atoms with E-state index in [0.717, 1.165) is 27.0 Å². The van der Waals surface area contributed by atoms with Crippen LogP contribution >= 0.6 is 15.9 Å². The van der Waals surface area contributed by atoms with Crippen LogP contribution in [0.2, 0.25) is 0 Å². The lowest BCUT2D eigenvalue weighted by molar-refractivity contribution is 1.32. The third kappa shape index (κ3) is 6.86. The van der Waals surface area contributed by atoms with Gasteiger partial charge < -0.3 is 0 Å². The Balaban J connectivity index is 0.00000190. The molecule has 0 spiro atoms. The monoisotopic (exact) mass is 672 g/mol. The molecule has 47 heavy (non-hydrogen) atoms. The molecular formula is C44H37BrN2. The fourth-order valence-corrected chi connectivity index (χ4v) is 6.65. The lowest BCUT2D eigenvalue weighted by Crippen LogP contribution is -1.92. The Hall–Kier alpha value is -5.12. The number of rotatable bonds is 6. The largest absolute Gasteiger partial charge is 0.256 e. The van der Waals surface area contributed by atoms with Crippen LogP contribution < -0.4 is 0 Å². The maximum atomic E-state index is 4.55. The number of aromatic nitrogens is 2. The van der Waals surface area contributed by atoms with E-state index < -0.39 is 0 Å². The van der Waals surface area contributed by atoms with Crippen LogP contribution in [0.15, 0.2) is 156 Å². The number of benzene rings is 5. The molecule has 0 saturated carbocycles. The molecular weight excluding hydrogens is 636 g/mol. The van der Waals surface area contributed by atoms with Crippen molar-refractivity contribution in [1.82, 2.24) is 9.97 Å². The first-order valence-electron chi connectivity index (χ1n) is 16.1. The standard InChI is InChI=1S/C42H31BrN2.C2H6/c1-28-23-30(41-15-7-9-21-44-41)17-19-35(28)39-13-5-3-11-37(39)32-25-33(27-34(43)26-32)38-12-4-6-14-40(38)36-20-18-31(24-29(36)2)42-16-8-10-22-45-42;1-2/h3-27H,1-2H3;1-2H3. The molecule has 2 nitrogen and oxygen atoms in total. The van der Waals surface area contributed by atoms with Crippen molar-refractivity contribution in [1.29, 1.82) is 0 Å². The Bertz CT molecular complexity index is 1980. The van der Waals surface area contributed by atoms with E-state index in [-0.39, 0.29) is 0 Å². The molecule has 7 rings (SSSR count). The Morgan fingerprint density at radius 2 is 0.787 bits per heavy atom. The third-order valence-corrected chi connectivity index (χ3v) is 8.79. The summed E-state index contributed by atoms with van der Waals surface area (Å²) in [7, 11) is 0. The maximum Gasteiger partial charge on any atom is 0.0702 e. The first-order valence-corrected chi connectivity index (χ1v) is 16.9. The van der Waals surface area contributed by atoms with Gasteiger partial charge in [0, 0.05) is 28.0 Å². The molecule has 0 aliphatic rings. The molecule has 7 aromatic rings. The summed E-state index contributed by atoms with van der Waals surface area (Å²) in [4.78, 5) is 9.10. The molecule has 2 aromatic heterocycles. The van der Waals surface area contributed by atoms with Crippen LogP contribution in [0, 0.1) is 13.8 Å². The lowest BCUT2D eigenvalue weighted by Gasteiger charge is -2.17. The topological polar surface area (TPSA) is 25.8 Å². The highest BCUT2D eigenvalue weighted by Gasteiger charge is 2.15. The van der Waals surface area contributed by atoms with Crippen molar-refractivity contribution in [2.24, 2.45) is 0 Å². The predicted molar refractivity (Wildman–Crippen MR) is 203 cm³/mol. The minimum Gasteiger partial charge on any atom is -0.256 e. The van der Waals surface area contributed by atoms with Crippen molar-refractivity contribution in [3.63, 3.8) is 0 Å². The van der Waals surface area contributed by atoms with Crippen LogP contribution in [0.25, 0.3) is 67.0 Å². The molecule has 0 unspecified atom stereocenters. The molecule has 2 heterocycles. The number of hydrogen-bond acceptors (Lipinski definition) is 2. The minimum absolute atomic E-state index is 0.984. The Labute approximate surface area is 287 Å². The fraction of sp³-hybridized carbons (Fsp3) is 0.0909. The highest BCUT2D eigenvalue weighted by atomic mass is 79.9. The molecule has 3 heteroatoms. The van der Waals surface area contributed by atoms with Gasteiger partial charge in [-0.25, -0.2) is 0 Å². The van der Waals surface area contributed by atoms with Crippen LogP contribution in [0.1, 0.15) is 25.0 Å². The molecule has 0 amide bonds. The van der Waals surface area contributed by atoms with Crippen molar-refractivity contribution in [2.45, 2.75) is 27.7 Å². The van der Waals surface area contributed by atoms with Crippen molar-refractivity contribution >= 4 is 15.9 Å². The molecule has 0 bridgehead atoms. The van der Waals surface area contributed by atoms with E-state index in [2.05, 4.69) is 155 Å². The van der Waals surface area contributed by atoms with Gasteiger partial charge in [0.2, 0.25) is 0 Å². The molecule has 0 atom stereocenters. The molecule has 5 aromatic carbocycles. The van der Waals surface area contributed by atoms with Gasteiger partial charge in [0.05, 0.1) is 11.4 Å². The Kier molecular flexibility index (Phi) is 9.85. The lowest BCUT2D eigenvalue weighted by atomic mass is 9.88. The van der Waals surface area contributed by atoms with Gasteiger partial charge in [0.25, 0.3) is 0 Å². The summed E-state index contributed by atoms with van der Waals surface area (Å²) >= 11 is 3.86. The van der Waals surface area contributed by atoms with E-state index in [9.17, 15) is 0 Å². The van der Waals surface area contributed by atoms with Crippen molar-refractivity contribution in [3.8, 4) is 67.0 Å². The highest BCUT2D eigenvalue weighted by Crippen LogP contribution is 2.41. The van der Waals surface area contributed by atoms with E-state index >= 15 is 0 Å². The molecule has 0 N–H and O–H groups in total. The molecule has 0 aliphatic carbocycles. The first-order chi connectivity index (χ1) is 23.0. The molecule has 0 fully saturated rings. The maximum absolute atomic E-state index is 4.55. The quantitative estimate of drug-likeness (QED) is 0.176. The smallest absolute Gasteiger partial charge is 0.0702 e. The van der Waals surface area contributed by atoms with Crippen molar-refractivity contribution in [3.05, 3.63) is 168 Å². The Morgan fingerprint density at radius 3 is 1.17 bits per heavy atom. The van der Waals surface area contributed by atoms with E-state index in [1.165, 1.54) is 55.6 Å². The summed E-state index contributed by atoms with van der Waals surface area (Å²) in [6, 6.07) is 49.5. The van der Waals surface area contributed by atoms with Gasteiger partial charge in [-0.3, -0.25) is 9.97 Å². The summed E-state index contributed by atoms with van der Waals surface area (Å²) in [5.74, 6) is 0. The van der Waals surface area contributed by atoms with E-state index in [1.807, 2.05) is 50.5 Å². The summed E-state index contributed by atoms with van der Waals surface area (Å²) in [6.45, 7) is 8.37. The van der Waals surface area contributed by atoms with Crippen molar-refractivity contribution in [2.75, 3.05) is 0 Å². The SMILES string of the molecule is CC.Cc1cc(-c2ccccn2)ccc1-c1ccccc1-c1cc(Br)cc(-c2ccccc2-c2ccc(-c3ccccn3)cc2C)c1. The summed E-state index contributed by atoms with van der Waals surface area (Å²) < 4.78 is 1.05. The summed E-state index contributed by atoms with van der Waals surface area (Å²) in [5.41, 5.74) is 16.2. The second-order valence-electron chi connectivity index (χ2n) is 11.3. The average molecular weight is 674 g/mol. The number of nitrogens with zero attached hydrogens (tertiary/aromatic N) is 2. The van der Waals surface area contributed by atoms with Gasteiger partial charge in [0.1, 0.15) is 0 Å². The van der Waals surface area contributed by atoms with Crippen molar-refractivity contribution < 1.29 is 0 Å². The van der Waals surface area contributed by atoms with Crippen LogP contribution in [-0.2, 0) is 0 Å². The molecule has 0 aliphatic heterocycles. The van der Waals surface area contributed by atoms with Gasteiger partial charge in [-0.05, 0) is 124 Å². The molecule has 0 saturated heterocycles. The van der Waals surface area contributed by atoms with Crippen LogP contribution in [0.3, 0.4) is 0 Å². The zero-order valence-corrected chi connectivity index (χ0v) is 28.8. The number of pyridine rings is 2. The van der Waals surface area contributed by atoms with E-state index in [1.54, 1.807) is 0 Å². The van der Waals surface area contributed by atoms with Crippen LogP contribution in [-0.4, -0.2) is 9.97 Å². The Morgan fingerprint density at radius 1 is 0.383 bits per heavy atom. The molecule has 0 radical (unpaired) electrons. The highest BCUT2D eigenvalue weighted by molar-refractivity contribution is 9.10. The van der Waals surface area contributed by atoms with Crippen LogP contribution in [0.5, 0.6) is 0 Å². The molecule has 230 valence electrons. The fourth-order valence-electron chi connectivity index (χ4n) is 6.16. The zero-order chi connectivity index (χ0) is 32.8. The van der Waals surface area contributed by atoms with Crippen LogP contribution in [0.4, 0.5) is 0 Å². The van der Waals surface area contributed by atoms with Gasteiger partial charge in [0.15, 0.2) is 0 Å². The zero-order valence-electron chi connectivity index (χ0n) is 27.2.